The molecule has 2 unspecified atom stereocenters. The van der Waals surface area contributed by atoms with Gasteiger partial charge in [-0.1, -0.05) is 24.6 Å². The second-order valence-corrected chi connectivity index (χ2v) is 6.70. The van der Waals surface area contributed by atoms with Gasteiger partial charge in [-0.3, -0.25) is 0 Å². The van der Waals surface area contributed by atoms with Crippen molar-refractivity contribution in [2.45, 2.75) is 44.0 Å². The third-order valence-corrected chi connectivity index (χ3v) is 4.91. The van der Waals surface area contributed by atoms with Crippen molar-refractivity contribution in [2.24, 2.45) is 0 Å². The first kappa shape index (κ1) is 14.2. The Labute approximate surface area is 117 Å². The lowest BCUT2D eigenvalue weighted by atomic mass is 10.2. The number of thioether (sulfide) groups is 1. The molecular weight excluding hydrogens is 269 g/mol. The largest absolute Gasteiger partial charge is 0.310 e. The van der Waals surface area contributed by atoms with Crippen LogP contribution >= 0.6 is 23.4 Å². The molecule has 0 aliphatic heterocycles. The molecule has 0 radical (unpaired) electrons. The van der Waals surface area contributed by atoms with Crippen LogP contribution in [-0.4, -0.2) is 17.0 Å². The Hall–Kier alpha value is -0.250. The number of halogens is 2. The van der Waals surface area contributed by atoms with Gasteiger partial charge in [0.25, 0.3) is 0 Å². The summed E-state index contributed by atoms with van der Waals surface area (Å²) >= 11 is 7.71. The van der Waals surface area contributed by atoms with Crippen LogP contribution in [0.15, 0.2) is 18.2 Å². The van der Waals surface area contributed by atoms with E-state index in [0.29, 0.717) is 6.04 Å². The van der Waals surface area contributed by atoms with Crippen LogP contribution in [-0.2, 0) is 6.54 Å². The van der Waals surface area contributed by atoms with E-state index in [-0.39, 0.29) is 10.8 Å². The minimum absolute atomic E-state index is 0.194. The SMILES string of the molecule is CCSC1CCC(NCc2ccc(Cl)c(F)c2)C1. The molecule has 4 heteroatoms. The molecule has 0 heterocycles. The predicted octanol–water partition coefficient (Wildman–Crippen LogP) is 4.24. The van der Waals surface area contributed by atoms with E-state index in [9.17, 15) is 4.39 Å². The summed E-state index contributed by atoms with van der Waals surface area (Å²) in [6.07, 6.45) is 3.76. The number of hydrogen-bond acceptors (Lipinski definition) is 2. The van der Waals surface area contributed by atoms with Gasteiger partial charge in [0.2, 0.25) is 0 Å². The van der Waals surface area contributed by atoms with Crippen molar-refractivity contribution in [3.05, 3.63) is 34.6 Å². The maximum Gasteiger partial charge on any atom is 0.142 e. The highest BCUT2D eigenvalue weighted by Gasteiger charge is 2.23. The summed E-state index contributed by atoms with van der Waals surface area (Å²) in [4.78, 5) is 0. The average molecular weight is 288 g/mol. The first-order valence-corrected chi connectivity index (χ1v) is 7.90. The van der Waals surface area contributed by atoms with E-state index in [4.69, 9.17) is 11.6 Å². The van der Waals surface area contributed by atoms with Crippen LogP contribution in [0, 0.1) is 5.82 Å². The van der Waals surface area contributed by atoms with Crippen LogP contribution in [0.1, 0.15) is 31.7 Å². The minimum atomic E-state index is -0.332. The van der Waals surface area contributed by atoms with Crippen LogP contribution in [0.2, 0.25) is 5.02 Å². The molecule has 100 valence electrons. The Balaban J connectivity index is 1.80. The zero-order chi connectivity index (χ0) is 13.0. The lowest BCUT2D eigenvalue weighted by Gasteiger charge is -2.13. The first-order valence-electron chi connectivity index (χ1n) is 6.48. The summed E-state index contributed by atoms with van der Waals surface area (Å²) in [5.74, 6) is 0.863. The molecule has 1 fully saturated rings. The molecule has 1 aromatic carbocycles. The maximum absolute atomic E-state index is 13.3. The molecule has 0 aromatic heterocycles. The smallest absolute Gasteiger partial charge is 0.142 e. The molecule has 1 saturated carbocycles. The van der Waals surface area contributed by atoms with Crippen molar-refractivity contribution < 1.29 is 4.39 Å². The van der Waals surface area contributed by atoms with Gasteiger partial charge >= 0.3 is 0 Å². The standard InChI is InChI=1S/C14H19ClFNS/c1-2-18-12-5-4-11(8-12)17-9-10-3-6-13(15)14(16)7-10/h3,6-7,11-12,17H,2,4-5,8-9H2,1H3. The van der Waals surface area contributed by atoms with E-state index in [1.54, 1.807) is 6.07 Å². The summed E-state index contributed by atoms with van der Waals surface area (Å²) in [5.41, 5.74) is 0.962. The zero-order valence-electron chi connectivity index (χ0n) is 10.6. The normalized spacial score (nSPS) is 23.5. The third kappa shape index (κ3) is 3.87. The molecule has 1 aromatic rings. The molecule has 2 rings (SSSR count). The van der Waals surface area contributed by atoms with Gasteiger partial charge in [-0.25, -0.2) is 4.39 Å². The van der Waals surface area contributed by atoms with Crippen molar-refractivity contribution in [2.75, 3.05) is 5.75 Å². The van der Waals surface area contributed by atoms with Crippen molar-refractivity contribution in [3.63, 3.8) is 0 Å². The van der Waals surface area contributed by atoms with Gasteiger partial charge in [0.05, 0.1) is 5.02 Å². The Bertz CT molecular complexity index is 399. The molecule has 18 heavy (non-hydrogen) atoms. The summed E-state index contributed by atoms with van der Waals surface area (Å²) in [6.45, 7) is 2.93. The van der Waals surface area contributed by atoms with E-state index in [1.807, 2.05) is 6.07 Å². The van der Waals surface area contributed by atoms with Crippen LogP contribution in [0.25, 0.3) is 0 Å². The van der Waals surface area contributed by atoms with Gasteiger partial charge in [-0.15, -0.1) is 0 Å². The topological polar surface area (TPSA) is 12.0 Å². The second kappa shape index (κ2) is 6.78. The van der Waals surface area contributed by atoms with Gasteiger partial charge in [-0.2, -0.15) is 11.8 Å². The quantitative estimate of drug-likeness (QED) is 0.869. The van der Waals surface area contributed by atoms with Gasteiger partial charge in [-0.05, 0) is 42.7 Å². The Morgan fingerprint density at radius 1 is 1.44 bits per heavy atom. The summed E-state index contributed by atoms with van der Waals surface area (Å²) < 4.78 is 13.3. The fourth-order valence-electron chi connectivity index (χ4n) is 2.42. The molecule has 1 aliphatic rings. The fraction of sp³-hybridized carbons (Fsp3) is 0.571. The maximum atomic E-state index is 13.3. The zero-order valence-corrected chi connectivity index (χ0v) is 12.2. The molecule has 2 atom stereocenters. The number of benzene rings is 1. The van der Waals surface area contributed by atoms with Crippen LogP contribution in [0.3, 0.4) is 0 Å². The highest BCUT2D eigenvalue weighted by atomic mass is 35.5. The number of hydrogen-bond donors (Lipinski definition) is 1. The number of nitrogens with one attached hydrogen (secondary N) is 1. The van der Waals surface area contributed by atoms with Crippen LogP contribution in [0.5, 0.6) is 0 Å². The summed E-state index contributed by atoms with van der Waals surface area (Å²) in [7, 11) is 0. The number of rotatable bonds is 5. The van der Waals surface area contributed by atoms with E-state index >= 15 is 0 Å². The van der Waals surface area contributed by atoms with Crippen LogP contribution < -0.4 is 5.32 Å². The Kier molecular flexibility index (Phi) is 5.34. The fourth-order valence-corrected chi connectivity index (χ4v) is 3.68. The van der Waals surface area contributed by atoms with E-state index in [0.717, 1.165) is 17.4 Å². The second-order valence-electron chi connectivity index (χ2n) is 4.72. The Morgan fingerprint density at radius 3 is 3.00 bits per heavy atom. The highest BCUT2D eigenvalue weighted by molar-refractivity contribution is 7.99. The molecular formula is C14H19ClFNS. The molecule has 1 N–H and O–H groups in total. The predicted molar refractivity (Wildman–Crippen MR) is 77.8 cm³/mol. The summed E-state index contributed by atoms with van der Waals surface area (Å²) in [6, 6.07) is 5.60. The van der Waals surface area contributed by atoms with Crippen LogP contribution in [0.4, 0.5) is 4.39 Å². The highest BCUT2D eigenvalue weighted by Crippen LogP contribution is 2.29. The minimum Gasteiger partial charge on any atom is -0.310 e. The Morgan fingerprint density at radius 2 is 2.28 bits per heavy atom. The van der Waals surface area contributed by atoms with E-state index < -0.39 is 0 Å². The lowest BCUT2D eigenvalue weighted by Crippen LogP contribution is -2.26. The average Bonchev–Trinajstić information content (AvgIpc) is 2.79. The lowest BCUT2D eigenvalue weighted by molar-refractivity contribution is 0.523. The molecule has 0 bridgehead atoms. The molecule has 0 spiro atoms. The van der Waals surface area contributed by atoms with E-state index in [1.165, 1.54) is 31.1 Å². The van der Waals surface area contributed by atoms with Crippen molar-refractivity contribution in [3.8, 4) is 0 Å². The third-order valence-electron chi connectivity index (χ3n) is 3.37. The molecule has 1 aliphatic carbocycles. The van der Waals surface area contributed by atoms with Crippen molar-refractivity contribution in [1.82, 2.24) is 5.32 Å². The van der Waals surface area contributed by atoms with Gasteiger partial charge in [0, 0.05) is 17.8 Å². The molecule has 1 nitrogen and oxygen atoms in total. The van der Waals surface area contributed by atoms with Crippen molar-refractivity contribution in [1.29, 1.82) is 0 Å². The van der Waals surface area contributed by atoms with Gasteiger partial charge in [0.1, 0.15) is 5.82 Å². The van der Waals surface area contributed by atoms with E-state index in [2.05, 4.69) is 24.0 Å². The molecule has 0 amide bonds. The first-order chi connectivity index (χ1) is 8.69. The molecule has 0 saturated heterocycles. The summed E-state index contributed by atoms with van der Waals surface area (Å²) in [5, 5.41) is 4.50. The van der Waals surface area contributed by atoms with Gasteiger partial charge < -0.3 is 5.32 Å². The monoisotopic (exact) mass is 287 g/mol. The van der Waals surface area contributed by atoms with Gasteiger partial charge in [0.15, 0.2) is 0 Å². The van der Waals surface area contributed by atoms with Crippen molar-refractivity contribution >= 4 is 23.4 Å².